The van der Waals surface area contributed by atoms with Crippen molar-refractivity contribution >= 4 is 23.3 Å². The summed E-state index contributed by atoms with van der Waals surface area (Å²) in [4.78, 5) is 10.8. The fraction of sp³-hybridized carbons (Fsp3) is 0. The van der Waals surface area contributed by atoms with E-state index in [4.69, 9.17) is 5.73 Å². The van der Waals surface area contributed by atoms with E-state index in [1.165, 1.54) is 11.4 Å². The summed E-state index contributed by atoms with van der Waals surface area (Å²) in [5.41, 5.74) is 4.88. The van der Waals surface area contributed by atoms with Crippen molar-refractivity contribution in [3.63, 3.8) is 0 Å². The second-order valence-electron chi connectivity index (χ2n) is 3.31. The molecule has 0 radical (unpaired) electrons. The number of hydrogen-bond acceptors (Lipinski definition) is 3. The highest BCUT2D eigenvalue weighted by molar-refractivity contribution is 7.12. The first-order valence-electron chi connectivity index (χ1n) is 4.51. The van der Waals surface area contributed by atoms with Crippen molar-refractivity contribution in [2.24, 2.45) is 0 Å². The third kappa shape index (κ3) is 1.91. The average Bonchev–Trinajstić information content (AvgIpc) is 2.79. The molecule has 1 aromatic carbocycles. The SMILES string of the molecule is Nc1cc(-c2csc(C=O)c2)c(F)c(F)c1F. The Morgan fingerprint density at radius 1 is 1.12 bits per heavy atom. The normalized spacial score (nSPS) is 10.5. The second-order valence-corrected chi connectivity index (χ2v) is 4.25. The van der Waals surface area contributed by atoms with E-state index >= 15 is 0 Å². The fourth-order valence-corrected chi connectivity index (χ4v) is 2.10. The molecule has 2 aromatic rings. The van der Waals surface area contributed by atoms with Crippen LogP contribution in [0.25, 0.3) is 11.1 Å². The summed E-state index contributed by atoms with van der Waals surface area (Å²) in [5, 5.41) is 1.47. The van der Waals surface area contributed by atoms with Crippen LogP contribution in [0.5, 0.6) is 0 Å². The van der Waals surface area contributed by atoms with Crippen LogP contribution in [-0.4, -0.2) is 6.29 Å². The maximum absolute atomic E-state index is 13.5. The third-order valence-corrected chi connectivity index (χ3v) is 3.08. The van der Waals surface area contributed by atoms with Crippen molar-refractivity contribution in [1.82, 2.24) is 0 Å². The van der Waals surface area contributed by atoms with E-state index in [1.54, 1.807) is 0 Å². The number of nitrogens with two attached hydrogens (primary N) is 1. The Morgan fingerprint density at radius 3 is 2.41 bits per heavy atom. The minimum absolute atomic E-state index is 0.161. The number of hydrogen-bond donors (Lipinski definition) is 1. The van der Waals surface area contributed by atoms with Crippen LogP contribution in [0.3, 0.4) is 0 Å². The quantitative estimate of drug-likeness (QED) is 0.510. The fourth-order valence-electron chi connectivity index (χ4n) is 1.39. The number of benzene rings is 1. The summed E-state index contributed by atoms with van der Waals surface area (Å²) in [5.74, 6) is -4.33. The lowest BCUT2D eigenvalue weighted by Gasteiger charge is -2.05. The zero-order valence-electron chi connectivity index (χ0n) is 8.34. The van der Waals surface area contributed by atoms with Crippen molar-refractivity contribution in [2.45, 2.75) is 0 Å². The zero-order chi connectivity index (χ0) is 12.6. The number of rotatable bonds is 2. The van der Waals surface area contributed by atoms with Crippen LogP contribution < -0.4 is 5.73 Å². The van der Waals surface area contributed by atoms with Crippen molar-refractivity contribution in [2.75, 3.05) is 5.73 Å². The monoisotopic (exact) mass is 257 g/mol. The Kier molecular flexibility index (Phi) is 2.89. The van der Waals surface area contributed by atoms with E-state index < -0.39 is 23.1 Å². The highest BCUT2D eigenvalue weighted by Crippen LogP contribution is 2.31. The Bertz CT molecular complexity index is 595. The molecule has 2 rings (SSSR count). The van der Waals surface area contributed by atoms with Gasteiger partial charge in [0, 0.05) is 5.56 Å². The molecule has 0 spiro atoms. The molecular formula is C11H6F3NOS. The number of nitrogen functional groups attached to an aromatic ring is 1. The number of carbonyl (C=O) groups is 1. The van der Waals surface area contributed by atoms with Gasteiger partial charge in [0.15, 0.2) is 23.7 Å². The van der Waals surface area contributed by atoms with Crippen LogP contribution in [0.15, 0.2) is 17.5 Å². The molecule has 0 amide bonds. The summed E-state index contributed by atoms with van der Waals surface area (Å²) in [6, 6.07) is 2.39. The van der Waals surface area contributed by atoms with Gasteiger partial charge < -0.3 is 5.73 Å². The van der Waals surface area contributed by atoms with E-state index in [1.807, 2.05) is 0 Å². The van der Waals surface area contributed by atoms with Crippen LogP contribution >= 0.6 is 11.3 Å². The molecule has 2 N–H and O–H groups in total. The van der Waals surface area contributed by atoms with Crippen LogP contribution in [0.2, 0.25) is 0 Å². The van der Waals surface area contributed by atoms with Crippen molar-refractivity contribution in [3.05, 3.63) is 39.8 Å². The first kappa shape index (κ1) is 11.7. The molecular weight excluding hydrogens is 251 g/mol. The highest BCUT2D eigenvalue weighted by Gasteiger charge is 2.18. The first-order valence-corrected chi connectivity index (χ1v) is 5.39. The smallest absolute Gasteiger partial charge is 0.197 e. The molecule has 88 valence electrons. The van der Waals surface area contributed by atoms with Gasteiger partial charge in [0.2, 0.25) is 0 Å². The molecule has 1 aromatic heterocycles. The molecule has 6 heteroatoms. The molecule has 2 nitrogen and oxygen atoms in total. The molecule has 0 fully saturated rings. The number of anilines is 1. The predicted octanol–water partition coefficient (Wildman–Crippen LogP) is 3.23. The van der Waals surface area contributed by atoms with Gasteiger partial charge in [-0.2, -0.15) is 0 Å². The Labute approximate surface area is 98.5 Å². The maximum Gasteiger partial charge on any atom is 0.197 e. The van der Waals surface area contributed by atoms with E-state index in [0.717, 1.165) is 17.4 Å². The number of carbonyl (C=O) groups excluding carboxylic acids is 1. The third-order valence-electron chi connectivity index (χ3n) is 2.22. The summed E-state index contributed by atoms with van der Waals surface area (Å²) >= 11 is 1.08. The van der Waals surface area contributed by atoms with Crippen molar-refractivity contribution in [1.29, 1.82) is 0 Å². The van der Waals surface area contributed by atoms with Gasteiger partial charge in [-0.1, -0.05) is 0 Å². The van der Waals surface area contributed by atoms with Crippen molar-refractivity contribution < 1.29 is 18.0 Å². The van der Waals surface area contributed by atoms with E-state index in [2.05, 4.69) is 0 Å². The number of halogens is 3. The van der Waals surface area contributed by atoms with Gasteiger partial charge in [-0.05, 0) is 23.1 Å². The lowest BCUT2D eigenvalue weighted by atomic mass is 10.1. The minimum Gasteiger partial charge on any atom is -0.396 e. The summed E-state index contributed by atoms with van der Waals surface area (Å²) in [7, 11) is 0. The first-order chi connectivity index (χ1) is 8.04. The van der Waals surface area contributed by atoms with Gasteiger partial charge in [-0.3, -0.25) is 4.79 Å². The van der Waals surface area contributed by atoms with Crippen LogP contribution in [-0.2, 0) is 0 Å². The van der Waals surface area contributed by atoms with Gasteiger partial charge in [-0.15, -0.1) is 11.3 Å². The molecule has 0 saturated heterocycles. The Balaban J connectivity index is 2.63. The molecule has 0 aliphatic heterocycles. The summed E-state index contributed by atoms with van der Waals surface area (Å²) in [6.07, 6.45) is 0.593. The molecule has 0 saturated carbocycles. The number of aldehydes is 1. The maximum atomic E-state index is 13.5. The van der Waals surface area contributed by atoms with Crippen LogP contribution in [0.1, 0.15) is 9.67 Å². The molecule has 0 atom stereocenters. The molecule has 17 heavy (non-hydrogen) atoms. The number of thiophene rings is 1. The summed E-state index contributed by atoms with van der Waals surface area (Å²) in [6.45, 7) is 0. The summed E-state index contributed by atoms with van der Waals surface area (Å²) < 4.78 is 39.6. The largest absolute Gasteiger partial charge is 0.396 e. The topological polar surface area (TPSA) is 43.1 Å². The average molecular weight is 257 g/mol. The zero-order valence-corrected chi connectivity index (χ0v) is 9.15. The molecule has 0 unspecified atom stereocenters. The van der Waals surface area contributed by atoms with Crippen molar-refractivity contribution in [3.8, 4) is 11.1 Å². The Hall–Kier alpha value is -1.82. The molecule has 1 heterocycles. The van der Waals surface area contributed by atoms with Gasteiger partial charge in [0.1, 0.15) is 0 Å². The standard InChI is InChI=1S/C11H6F3NOS/c12-9-7(2-8(15)10(13)11(9)14)5-1-6(3-16)17-4-5/h1-4H,15H2. The predicted molar refractivity (Wildman–Crippen MR) is 59.4 cm³/mol. The van der Waals surface area contributed by atoms with Crippen LogP contribution in [0, 0.1) is 17.5 Å². The van der Waals surface area contributed by atoms with Gasteiger partial charge >= 0.3 is 0 Å². The van der Waals surface area contributed by atoms with Crippen LogP contribution in [0.4, 0.5) is 18.9 Å². The van der Waals surface area contributed by atoms with E-state index in [9.17, 15) is 18.0 Å². The molecule has 0 aliphatic rings. The second kappa shape index (κ2) is 4.21. The molecule has 0 bridgehead atoms. The van der Waals surface area contributed by atoms with Gasteiger partial charge in [0.25, 0.3) is 0 Å². The minimum atomic E-state index is -1.61. The van der Waals surface area contributed by atoms with Gasteiger partial charge in [-0.25, -0.2) is 13.2 Å². The Morgan fingerprint density at radius 2 is 1.82 bits per heavy atom. The van der Waals surface area contributed by atoms with Gasteiger partial charge in [0.05, 0.1) is 10.6 Å². The van der Waals surface area contributed by atoms with E-state index in [0.29, 0.717) is 16.7 Å². The lowest BCUT2D eigenvalue weighted by Crippen LogP contribution is -2.00. The van der Waals surface area contributed by atoms with E-state index in [-0.39, 0.29) is 5.56 Å². The highest BCUT2D eigenvalue weighted by atomic mass is 32.1. The molecule has 0 aliphatic carbocycles. The lowest BCUT2D eigenvalue weighted by molar-refractivity contribution is 0.112.